The van der Waals surface area contributed by atoms with Crippen LogP contribution in [0.1, 0.15) is 53.1 Å². The van der Waals surface area contributed by atoms with E-state index >= 15 is 0 Å². The second kappa shape index (κ2) is 8.23. The average molecular weight is 429 g/mol. The largest absolute Gasteiger partial charge is 0.351 e. The molecule has 1 saturated carbocycles. The maximum Gasteiger partial charge on any atom is 0.259 e. The molecule has 2 amide bonds. The van der Waals surface area contributed by atoms with Gasteiger partial charge in [0, 0.05) is 17.8 Å². The van der Waals surface area contributed by atoms with Crippen LogP contribution in [-0.4, -0.2) is 17.4 Å². The first kappa shape index (κ1) is 20.4. The van der Waals surface area contributed by atoms with Crippen molar-refractivity contribution in [1.82, 2.24) is 5.32 Å². The minimum absolute atomic E-state index is 0.0451. The van der Waals surface area contributed by atoms with Gasteiger partial charge in [0.25, 0.3) is 5.91 Å². The topological polar surface area (TPSA) is 49.4 Å². The predicted molar refractivity (Wildman–Crippen MR) is 122 cm³/mol. The molecule has 0 aromatic heterocycles. The van der Waals surface area contributed by atoms with Crippen LogP contribution in [0.5, 0.6) is 0 Å². The molecule has 1 aliphatic carbocycles. The molecule has 3 aromatic carbocycles. The molecule has 1 atom stereocenters. The number of anilines is 1. The maximum atomic E-state index is 13.7. The summed E-state index contributed by atoms with van der Waals surface area (Å²) >= 11 is 0. The summed E-state index contributed by atoms with van der Waals surface area (Å²) in [6, 6.07) is 23.3. The summed E-state index contributed by atoms with van der Waals surface area (Å²) in [5, 5.41) is 3.07. The Morgan fingerprint density at radius 3 is 2.31 bits per heavy atom. The van der Waals surface area contributed by atoms with Gasteiger partial charge in [-0.25, -0.2) is 4.39 Å². The summed E-state index contributed by atoms with van der Waals surface area (Å²) in [6.45, 7) is 0.313. The van der Waals surface area contributed by atoms with Crippen molar-refractivity contribution in [3.8, 4) is 0 Å². The fourth-order valence-electron chi connectivity index (χ4n) is 5.41. The zero-order valence-electron chi connectivity index (χ0n) is 17.8. The van der Waals surface area contributed by atoms with E-state index in [0.717, 1.165) is 42.5 Å². The lowest BCUT2D eigenvalue weighted by atomic mass is 9.70. The van der Waals surface area contributed by atoms with Crippen LogP contribution < -0.4 is 10.2 Å². The number of nitrogens with zero attached hydrogens (tertiary/aromatic N) is 1. The third-order valence-corrected chi connectivity index (χ3v) is 6.81. The molecule has 162 valence electrons. The zero-order chi connectivity index (χ0) is 22.1. The number of benzene rings is 3. The second-order valence-electron chi connectivity index (χ2n) is 8.65. The van der Waals surface area contributed by atoms with E-state index in [-0.39, 0.29) is 17.6 Å². The summed E-state index contributed by atoms with van der Waals surface area (Å²) in [6.07, 6.45) is 3.49. The van der Waals surface area contributed by atoms with E-state index in [0.29, 0.717) is 12.1 Å². The minimum atomic E-state index is -0.598. The van der Waals surface area contributed by atoms with Gasteiger partial charge in [0.2, 0.25) is 5.91 Å². The first-order chi connectivity index (χ1) is 15.6. The van der Waals surface area contributed by atoms with Crippen LogP contribution in [0.3, 0.4) is 0 Å². The summed E-state index contributed by atoms with van der Waals surface area (Å²) in [7, 11) is 0. The van der Waals surface area contributed by atoms with Crippen LogP contribution in [0.4, 0.5) is 10.1 Å². The Morgan fingerprint density at radius 1 is 0.938 bits per heavy atom. The molecule has 5 heteroatoms. The molecular weight excluding hydrogens is 403 g/mol. The number of carbonyl (C=O) groups excluding carboxylic acids is 2. The SMILES string of the molecule is O=C(NCc1ccc(F)cc1)[C@@H]1c2ccccc2C(=O)N(c2ccccc2)C12CCCC2. The second-order valence-corrected chi connectivity index (χ2v) is 8.65. The lowest BCUT2D eigenvalue weighted by molar-refractivity contribution is -0.124. The van der Waals surface area contributed by atoms with Gasteiger partial charge >= 0.3 is 0 Å². The molecule has 0 bridgehead atoms. The first-order valence-corrected chi connectivity index (χ1v) is 11.1. The molecule has 1 fully saturated rings. The molecule has 2 aliphatic rings. The van der Waals surface area contributed by atoms with E-state index in [4.69, 9.17) is 0 Å². The Balaban J connectivity index is 1.57. The molecule has 5 rings (SSSR count). The zero-order valence-corrected chi connectivity index (χ0v) is 17.8. The van der Waals surface area contributed by atoms with Crippen molar-refractivity contribution in [2.24, 2.45) is 0 Å². The molecule has 32 heavy (non-hydrogen) atoms. The van der Waals surface area contributed by atoms with Crippen molar-refractivity contribution in [3.05, 3.63) is 101 Å². The third-order valence-electron chi connectivity index (χ3n) is 6.81. The summed E-state index contributed by atoms with van der Waals surface area (Å²) in [5.74, 6) is -0.920. The summed E-state index contributed by atoms with van der Waals surface area (Å²) in [4.78, 5) is 29.3. The van der Waals surface area contributed by atoms with Crippen molar-refractivity contribution in [2.75, 3.05) is 4.90 Å². The van der Waals surface area contributed by atoms with Gasteiger partial charge < -0.3 is 10.2 Å². The Morgan fingerprint density at radius 2 is 1.59 bits per heavy atom. The van der Waals surface area contributed by atoms with Crippen LogP contribution in [0.15, 0.2) is 78.9 Å². The highest BCUT2D eigenvalue weighted by Gasteiger charge is 2.56. The Hall–Kier alpha value is -3.47. The van der Waals surface area contributed by atoms with Gasteiger partial charge in [0.1, 0.15) is 5.82 Å². The van der Waals surface area contributed by atoms with Gasteiger partial charge in [-0.1, -0.05) is 61.4 Å². The fraction of sp³-hybridized carbons (Fsp3) is 0.259. The highest BCUT2D eigenvalue weighted by atomic mass is 19.1. The van der Waals surface area contributed by atoms with Crippen LogP contribution in [0.2, 0.25) is 0 Å². The predicted octanol–water partition coefficient (Wildman–Crippen LogP) is 5.20. The molecule has 3 aromatic rings. The molecule has 0 unspecified atom stereocenters. The lowest BCUT2D eigenvalue weighted by Gasteiger charge is -2.50. The molecule has 1 spiro atoms. The van der Waals surface area contributed by atoms with Crippen LogP contribution in [0, 0.1) is 5.82 Å². The quantitative estimate of drug-likeness (QED) is 0.621. The third kappa shape index (κ3) is 3.38. The van der Waals surface area contributed by atoms with E-state index in [9.17, 15) is 14.0 Å². The van der Waals surface area contributed by atoms with E-state index < -0.39 is 11.5 Å². The van der Waals surface area contributed by atoms with Crippen molar-refractivity contribution >= 4 is 17.5 Å². The van der Waals surface area contributed by atoms with Crippen molar-refractivity contribution in [1.29, 1.82) is 0 Å². The normalized spacial score (nSPS) is 19.1. The van der Waals surface area contributed by atoms with Gasteiger partial charge in [0.05, 0.1) is 11.5 Å². The number of nitrogens with one attached hydrogen (secondary N) is 1. The van der Waals surface area contributed by atoms with E-state index in [2.05, 4.69) is 5.32 Å². The number of hydrogen-bond donors (Lipinski definition) is 1. The highest BCUT2D eigenvalue weighted by Crippen LogP contribution is 2.51. The highest BCUT2D eigenvalue weighted by molar-refractivity contribution is 6.12. The van der Waals surface area contributed by atoms with E-state index in [1.165, 1.54) is 12.1 Å². The number of fused-ring (bicyclic) bond motifs is 1. The average Bonchev–Trinajstić information content (AvgIpc) is 3.29. The van der Waals surface area contributed by atoms with Crippen LogP contribution in [0.25, 0.3) is 0 Å². The fourth-order valence-corrected chi connectivity index (χ4v) is 5.41. The minimum Gasteiger partial charge on any atom is -0.351 e. The van der Waals surface area contributed by atoms with E-state index in [1.807, 2.05) is 59.5 Å². The number of para-hydroxylation sites is 1. The van der Waals surface area contributed by atoms with Gasteiger partial charge in [-0.15, -0.1) is 0 Å². The number of hydrogen-bond acceptors (Lipinski definition) is 2. The van der Waals surface area contributed by atoms with Crippen molar-refractivity contribution in [2.45, 2.75) is 43.7 Å². The molecule has 0 radical (unpaired) electrons. The Labute approximate surface area is 187 Å². The monoisotopic (exact) mass is 428 g/mol. The number of carbonyl (C=O) groups is 2. The van der Waals surface area contributed by atoms with Crippen LogP contribution in [-0.2, 0) is 11.3 Å². The van der Waals surface area contributed by atoms with Gasteiger partial charge in [-0.05, 0) is 54.3 Å². The van der Waals surface area contributed by atoms with Crippen LogP contribution >= 0.6 is 0 Å². The molecule has 1 aliphatic heterocycles. The lowest BCUT2D eigenvalue weighted by Crippen LogP contribution is -2.61. The first-order valence-electron chi connectivity index (χ1n) is 11.1. The van der Waals surface area contributed by atoms with E-state index in [1.54, 1.807) is 12.1 Å². The molecule has 4 nitrogen and oxygen atoms in total. The maximum absolute atomic E-state index is 13.7. The Kier molecular flexibility index (Phi) is 5.25. The molecule has 1 heterocycles. The number of rotatable bonds is 4. The number of amides is 2. The molecule has 0 saturated heterocycles. The smallest absolute Gasteiger partial charge is 0.259 e. The van der Waals surface area contributed by atoms with Gasteiger partial charge in [0.15, 0.2) is 0 Å². The van der Waals surface area contributed by atoms with Gasteiger partial charge in [-0.3, -0.25) is 9.59 Å². The molecular formula is C27H25FN2O2. The van der Waals surface area contributed by atoms with Gasteiger partial charge in [-0.2, -0.15) is 0 Å². The summed E-state index contributed by atoms with van der Waals surface area (Å²) < 4.78 is 13.3. The number of halogens is 1. The Bertz CT molecular complexity index is 1140. The summed E-state index contributed by atoms with van der Waals surface area (Å²) in [5.41, 5.74) is 2.43. The van der Waals surface area contributed by atoms with Crippen molar-refractivity contribution in [3.63, 3.8) is 0 Å². The van der Waals surface area contributed by atoms with Crippen molar-refractivity contribution < 1.29 is 14.0 Å². The molecule has 1 N–H and O–H groups in total. The standard InChI is InChI=1S/C27H25FN2O2/c28-20-14-12-19(13-15-20)18-29-25(31)24-22-10-4-5-11-23(22)26(32)30(21-8-2-1-3-9-21)27(24)16-6-7-17-27/h1-5,8-15,24H,6-7,16-18H2,(H,29,31)/t24-/m0/s1.